The van der Waals surface area contributed by atoms with Gasteiger partial charge in [-0.2, -0.15) is 0 Å². The van der Waals surface area contributed by atoms with Crippen LogP contribution in [0.2, 0.25) is 0 Å². The van der Waals surface area contributed by atoms with Crippen LogP contribution in [0.15, 0.2) is 12.1 Å². The highest BCUT2D eigenvalue weighted by Gasteiger charge is 2.30. The number of nitrogens with zero attached hydrogens (tertiary/aromatic N) is 3. The summed E-state index contributed by atoms with van der Waals surface area (Å²) in [6.07, 6.45) is 0. The van der Waals surface area contributed by atoms with E-state index in [-0.39, 0.29) is 13.1 Å². The smallest absolute Gasteiger partial charge is 0.318 e. The molecule has 1 aliphatic heterocycles. The van der Waals surface area contributed by atoms with E-state index in [0.717, 1.165) is 6.07 Å². The number of hydrogen-bond donors (Lipinski definition) is 1. The van der Waals surface area contributed by atoms with E-state index in [9.17, 15) is 30.1 Å². The van der Waals surface area contributed by atoms with Crippen LogP contribution >= 0.6 is 0 Å². The van der Waals surface area contributed by atoms with Crippen molar-refractivity contribution in [2.45, 2.75) is 0 Å². The Bertz CT molecular complexity index is 610. The zero-order valence-corrected chi connectivity index (χ0v) is 10.7. The van der Waals surface area contributed by atoms with Crippen molar-refractivity contribution in [3.63, 3.8) is 0 Å². The first-order chi connectivity index (χ1) is 9.91. The van der Waals surface area contributed by atoms with Crippen LogP contribution in [-0.2, 0) is 4.74 Å². The first-order valence-electron chi connectivity index (χ1n) is 5.94. The summed E-state index contributed by atoms with van der Waals surface area (Å²) >= 11 is 0. The number of nitro groups is 2. The quantitative estimate of drug-likeness (QED) is 0.639. The average molecular weight is 297 g/mol. The van der Waals surface area contributed by atoms with Crippen molar-refractivity contribution < 1.29 is 24.5 Å². The maximum Gasteiger partial charge on any atom is 0.318 e. The normalized spacial score (nSPS) is 14.8. The van der Waals surface area contributed by atoms with Gasteiger partial charge in [-0.3, -0.25) is 25.0 Å². The third-order valence-corrected chi connectivity index (χ3v) is 3.01. The predicted molar refractivity (Wildman–Crippen MR) is 68.1 cm³/mol. The van der Waals surface area contributed by atoms with E-state index in [1.54, 1.807) is 0 Å². The molecule has 0 radical (unpaired) electrons. The topological polar surface area (TPSA) is 136 Å². The molecule has 112 valence electrons. The van der Waals surface area contributed by atoms with Crippen molar-refractivity contribution in [2.24, 2.45) is 0 Å². The van der Waals surface area contributed by atoms with Crippen molar-refractivity contribution in [1.29, 1.82) is 0 Å². The van der Waals surface area contributed by atoms with Crippen LogP contribution in [0.5, 0.6) is 5.75 Å². The van der Waals surface area contributed by atoms with Gasteiger partial charge in [0.1, 0.15) is 0 Å². The molecule has 1 saturated heterocycles. The molecule has 10 nitrogen and oxygen atoms in total. The summed E-state index contributed by atoms with van der Waals surface area (Å²) in [4.78, 5) is 33.3. The molecule has 1 amide bonds. The van der Waals surface area contributed by atoms with Crippen molar-refractivity contribution in [2.75, 3.05) is 26.3 Å². The Morgan fingerprint density at radius 2 is 1.81 bits per heavy atom. The number of benzene rings is 1. The Morgan fingerprint density at radius 3 is 2.33 bits per heavy atom. The number of carbonyl (C=O) groups is 1. The summed E-state index contributed by atoms with van der Waals surface area (Å²) in [6, 6.07) is 1.45. The zero-order chi connectivity index (χ0) is 15.6. The Hall–Kier alpha value is -2.75. The summed E-state index contributed by atoms with van der Waals surface area (Å²) in [7, 11) is 0. The lowest BCUT2D eigenvalue weighted by Gasteiger charge is -2.26. The Labute approximate surface area is 117 Å². The minimum Gasteiger partial charge on any atom is -0.502 e. The molecule has 1 N–H and O–H groups in total. The first-order valence-corrected chi connectivity index (χ1v) is 5.94. The lowest BCUT2D eigenvalue weighted by Crippen LogP contribution is -2.40. The van der Waals surface area contributed by atoms with Crippen molar-refractivity contribution in [3.05, 3.63) is 37.9 Å². The number of amides is 1. The Balaban J connectivity index is 2.48. The third kappa shape index (κ3) is 2.89. The molecule has 0 aromatic heterocycles. The van der Waals surface area contributed by atoms with Gasteiger partial charge >= 0.3 is 5.69 Å². The fourth-order valence-electron chi connectivity index (χ4n) is 1.95. The van der Waals surface area contributed by atoms with Crippen LogP contribution in [0.4, 0.5) is 11.4 Å². The van der Waals surface area contributed by atoms with E-state index in [1.165, 1.54) is 4.90 Å². The van der Waals surface area contributed by atoms with Gasteiger partial charge in [0.05, 0.1) is 34.7 Å². The summed E-state index contributed by atoms with van der Waals surface area (Å²) < 4.78 is 5.07. The maximum atomic E-state index is 12.2. The summed E-state index contributed by atoms with van der Waals surface area (Å²) in [6.45, 7) is 1.08. The van der Waals surface area contributed by atoms with Crippen molar-refractivity contribution >= 4 is 17.3 Å². The minimum atomic E-state index is -0.974. The highest BCUT2D eigenvalue weighted by Crippen LogP contribution is 2.35. The van der Waals surface area contributed by atoms with Crippen LogP contribution in [-0.4, -0.2) is 52.1 Å². The van der Waals surface area contributed by atoms with Crippen LogP contribution < -0.4 is 0 Å². The van der Waals surface area contributed by atoms with Gasteiger partial charge in [-0.05, 0) is 0 Å². The molecular weight excluding hydrogens is 286 g/mol. The number of aromatic hydroxyl groups is 1. The summed E-state index contributed by atoms with van der Waals surface area (Å²) in [5.74, 6) is -1.58. The molecule has 0 bridgehead atoms. The van der Waals surface area contributed by atoms with E-state index >= 15 is 0 Å². The van der Waals surface area contributed by atoms with Gasteiger partial charge < -0.3 is 14.7 Å². The Kier molecular flexibility index (Phi) is 3.98. The molecule has 0 saturated carbocycles. The van der Waals surface area contributed by atoms with Gasteiger partial charge in [0, 0.05) is 19.2 Å². The molecule has 2 rings (SSSR count). The molecule has 21 heavy (non-hydrogen) atoms. The number of nitro benzene ring substituents is 2. The van der Waals surface area contributed by atoms with Gasteiger partial charge in [-0.25, -0.2) is 0 Å². The highest BCUT2D eigenvalue weighted by molar-refractivity contribution is 5.99. The Morgan fingerprint density at radius 1 is 1.19 bits per heavy atom. The molecule has 1 aromatic rings. The van der Waals surface area contributed by atoms with Gasteiger partial charge in [0.15, 0.2) is 0 Å². The molecule has 0 unspecified atom stereocenters. The second-order valence-corrected chi connectivity index (χ2v) is 4.28. The molecule has 0 aliphatic carbocycles. The van der Waals surface area contributed by atoms with Gasteiger partial charge in [0.25, 0.3) is 11.6 Å². The second-order valence-electron chi connectivity index (χ2n) is 4.28. The monoisotopic (exact) mass is 297 g/mol. The third-order valence-electron chi connectivity index (χ3n) is 3.01. The van der Waals surface area contributed by atoms with E-state index in [4.69, 9.17) is 4.74 Å². The van der Waals surface area contributed by atoms with Crippen molar-refractivity contribution in [1.82, 2.24) is 4.90 Å². The molecule has 1 aliphatic rings. The first kappa shape index (κ1) is 14.7. The number of phenolic OH excluding ortho intramolecular Hbond substituents is 1. The molecule has 1 fully saturated rings. The number of rotatable bonds is 3. The van der Waals surface area contributed by atoms with Crippen molar-refractivity contribution in [3.8, 4) is 5.75 Å². The van der Waals surface area contributed by atoms with E-state index in [0.29, 0.717) is 19.3 Å². The fourth-order valence-corrected chi connectivity index (χ4v) is 1.95. The van der Waals surface area contributed by atoms with Gasteiger partial charge in [0.2, 0.25) is 5.75 Å². The predicted octanol–water partition coefficient (Wildman–Crippen LogP) is 0.681. The second kappa shape index (κ2) is 5.71. The lowest BCUT2D eigenvalue weighted by atomic mass is 10.1. The molecule has 0 atom stereocenters. The SMILES string of the molecule is O=C(c1cc([N+](=O)[O-])cc([N+](=O)[O-])c1O)N1CCOCC1. The van der Waals surface area contributed by atoms with E-state index in [2.05, 4.69) is 0 Å². The zero-order valence-electron chi connectivity index (χ0n) is 10.7. The highest BCUT2D eigenvalue weighted by atomic mass is 16.6. The molecule has 10 heteroatoms. The average Bonchev–Trinajstić information content (AvgIpc) is 2.47. The number of morpholine rings is 1. The van der Waals surface area contributed by atoms with Crippen LogP contribution in [0.3, 0.4) is 0 Å². The number of carbonyl (C=O) groups excluding carboxylic acids is 1. The number of non-ortho nitro benzene ring substituents is 1. The van der Waals surface area contributed by atoms with Gasteiger partial charge in [-0.15, -0.1) is 0 Å². The van der Waals surface area contributed by atoms with Crippen LogP contribution in [0.25, 0.3) is 0 Å². The minimum absolute atomic E-state index is 0.245. The molecular formula is C11H11N3O7. The van der Waals surface area contributed by atoms with Crippen LogP contribution in [0.1, 0.15) is 10.4 Å². The largest absolute Gasteiger partial charge is 0.502 e. The summed E-state index contributed by atoms with van der Waals surface area (Å²) in [5.41, 5.74) is -1.96. The standard InChI is InChI=1S/C11H11N3O7/c15-10-8(11(16)12-1-3-21-4-2-12)5-7(13(17)18)6-9(10)14(19)20/h5-6,15H,1-4H2. The number of ether oxygens (including phenoxy) is 1. The lowest BCUT2D eigenvalue weighted by molar-refractivity contribution is -0.394. The maximum absolute atomic E-state index is 12.2. The van der Waals surface area contributed by atoms with Gasteiger partial charge in [-0.1, -0.05) is 0 Å². The fraction of sp³-hybridized carbons (Fsp3) is 0.364. The molecule has 1 aromatic carbocycles. The number of phenols is 1. The number of hydrogen-bond acceptors (Lipinski definition) is 7. The van der Waals surface area contributed by atoms with E-state index in [1.807, 2.05) is 0 Å². The van der Waals surface area contributed by atoms with Crippen LogP contribution in [0, 0.1) is 20.2 Å². The van der Waals surface area contributed by atoms with E-state index < -0.39 is 38.4 Å². The molecule has 0 spiro atoms. The summed E-state index contributed by atoms with van der Waals surface area (Å²) in [5, 5.41) is 31.4. The molecule has 1 heterocycles.